The lowest BCUT2D eigenvalue weighted by Crippen LogP contribution is -2.10. The maximum atomic E-state index is 12.1. The van der Waals surface area contributed by atoms with Crippen LogP contribution in [0.3, 0.4) is 0 Å². The van der Waals surface area contributed by atoms with Gasteiger partial charge in [0, 0.05) is 0 Å². The third-order valence-corrected chi connectivity index (χ3v) is 2.92. The number of esters is 1. The molecule has 0 amide bonds. The molecular formula is C18H18O4. The van der Waals surface area contributed by atoms with Gasteiger partial charge < -0.3 is 9.47 Å². The zero-order valence-electron chi connectivity index (χ0n) is 12.6. The third kappa shape index (κ3) is 4.19. The highest BCUT2D eigenvalue weighted by Gasteiger charge is 2.11. The molecule has 0 atom stereocenters. The number of para-hydroxylation sites is 1. The van der Waals surface area contributed by atoms with Crippen LogP contribution < -0.4 is 9.47 Å². The molecule has 0 radical (unpaired) electrons. The van der Waals surface area contributed by atoms with Crippen LogP contribution in [0.4, 0.5) is 0 Å². The van der Waals surface area contributed by atoms with Crippen LogP contribution in [0.1, 0.15) is 34.6 Å². The van der Waals surface area contributed by atoms with Crippen LogP contribution in [0.2, 0.25) is 0 Å². The molecule has 0 unspecified atom stereocenters. The number of hydrogen-bond acceptors (Lipinski definition) is 4. The SMILES string of the molecule is CC(C)COc1ccc(C(=O)Oc2ccccc2C=O)cc1. The number of carbonyl (C=O) groups excluding carboxylic acids is 2. The highest BCUT2D eigenvalue weighted by atomic mass is 16.5. The second-order valence-electron chi connectivity index (χ2n) is 5.27. The maximum Gasteiger partial charge on any atom is 0.343 e. The third-order valence-electron chi connectivity index (χ3n) is 2.92. The number of benzene rings is 2. The standard InChI is InChI=1S/C18H18O4/c1-13(2)12-21-16-9-7-14(8-10-16)18(20)22-17-6-4-3-5-15(17)11-19/h3-11,13H,12H2,1-2H3. The van der Waals surface area contributed by atoms with E-state index in [1.54, 1.807) is 48.5 Å². The van der Waals surface area contributed by atoms with E-state index >= 15 is 0 Å². The lowest BCUT2D eigenvalue weighted by Gasteiger charge is -2.09. The highest BCUT2D eigenvalue weighted by Crippen LogP contribution is 2.19. The molecule has 0 aliphatic rings. The van der Waals surface area contributed by atoms with Crippen molar-refractivity contribution in [2.45, 2.75) is 13.8 Å². The minimum atomic E-state index is -0.510. The summed E-state index contributed by atoms with van der Waals surface area (Å²) in [6.45, 7) is 4.75. The molecule has 0 fully saturated rings. The first-order chi connectivity index (χ1) is 10.6. The van der Waals surface area contributed by atoms with Crippen LogP contribution in [0.5, 0.6) is 11.5 Å². The highest BCUT2D eigenvalue weighted by molar-refractivity contribution is 5.92. The summed E-state index contributed by atoms with van der Waals surface area (Å²) < 4.78 is 10.8. The van der Waals surface area contributed by atoms with Gasteiger partial charge in [-0.2, -0.15) is 0 Å². The van der Waals surface area contributed by atoms with Crippen molar-refractivity contribution in [3.8, 4) is 11.5 Å². The Morgan fingerprint density at radius 2 is 1.77 bits per heavy atom. The van der Waals surface area contributed by atoms with Gasteiger partial charge in [0.15, 0.2) is 6.29 Å². The molecule has 2 aromatic carbocycles. The molecule has 2 aromatic rings. The van der Waals surface area contributed by atoms with Gasteiger partial charge in [-0.05, 0) is 42.3 Å². The summed E-state index contributed by atoms with van der Waals surface area (Å²) >= 11 is 0. The minimum Gasteiger partial charge on any atom is -0.493 e. The normalized spacial score (nSPS) is 10.3. The molecular weight excluding hydrogens is 280 g/mol. The maximum absolute atomic E-state index is 12.1. The summed E-state index contributed by atoms with van der Waals surface area (Å²) in [5.41, 5.74) is 0.741. The van der Waals surface area contributed by atoms with E-state index in [-0.39, 0.29) is 5.75 Å². The smallest absolute Gasteiger partial charge is 0.343 e. The predicted octanol–water partition coefficient (Wildman–Crippen LogP) is 3.75. The van der Waals surface area contributed by atoms with Gasteiger partial charge in [0.25, 0.3) is 0 Å². The summed E-state index contributed by atoms with van der Waals surface area (Å²) in [6.07, 6.45) is 0.658. The van der Waals surface area contributed by atoms with Gasteiger partial charge in [-0.25, -0.2) is 4.79 Å². The summed E-state index contributed by atoms with van der Waals surface area (Å²) in [4.78, 5) is 23.0. The monoisotopic (exact) mass is 298 g/mol. The molecule has 4 heteroatoms. The molecule has 0 saturated heterocycles. The molecule has 0 bridgehead atoms. The van der Waals surface area contributed by atoms with Crippen molar-refractivity contribution in [3.63, 3.8) is 0 Å². The van der Waals surface area contributed by atoms with Gasteiger partial charge in [0.05, 0.1) is 17.7 Å². The van der Waals surface area contributed by atoms with E-state index in [1.807, 2.05) is 0 Å². The second kappa shape index (κ2) is 7.41. The quantitative estimate of drug-likeness (QED) is 0.463. The first-order valence-corrected chi connectivity index (χ1v) is 7.09. The number of aldehydes is 1. The van der Waals surface area contributed by atoms with E-state index in [0.29, 0.717) is 35.7 Å². The van der Waals surface area contributed by atoms with Crippen molar-refractivity contribution in [2.75, 3.05) is 6.61 Å². The number of rotatable bonds is 6. The Morgan fingerprint density at radius 1 is 1.09 bits per heavy atom. The van der Waals surface area contributed by atoms with Crippen molar-refractivity contribution in [1.29, 1.82) is 0 Å². The van der Waals surface area contributed by atoms with Crippen molar-refractivity contribution >= 4 is 12.3 Å². The second-order valence-corrected chi connectivity index (χ2v) is 5.27. The van der Waals surface area contributed by atoms with Gasteiger partial charge in [-0.3, -0.25) is 4.79 Å². The Balaban J connectivity index is 2.05. The predicted molar refractivity (Wildman–Crippen MR) is 83.6 cm³/mol. The Bertz CT molecular complexity index is 644. The molecule has 2 rings (SSSR count). The van der Waals surface area contributed by atoms with Crippen LogP contribution in [0, 0.1) is 5.92 Å². The van der Waals surface area contributed by atoms with E-state index in [9.17, 15) is 9.59 Å². The van der Waals surface area contributed by atoms with Crippen molar-refractivity contribution < 1.29 is 19.1 Å². The first-order valence-electron chi connectivity index (χ1n) is 7.09. The van der Waals surface area contributed by atoms with E-state index in [2.05, 4.69) is 13.8 Å². The minimum absolute atomic E-state index is 0.252. The average Bonchev–Trinajstić information content (AvgIpc) is 2.54. The van der Waals surface area contributed by atoms with Crippen molar-refractivity contribution in [3.05, 3.63) is 59.7 Å². The molecule has 0 heterocycles. The fraction of sp³-hybridized carbons (Fsp3) is 0.222. The molecule has 114 valence electrons. The number of carbonyl (C=O) groups is 2. The van der Waals surface area contributed by atoms with Crippen LogP contribution in [-0.4, -0.2) is 18.9 Å². The lowest BCUT2D eigenvalue weighted by atomic mass is 10.2. The summed E-state index contributed by atoms with van der Waals surface area (Å²) in [5, 5.41) is 0. The Labute approximate surface area is 129 Å². The van der Waals surface area contributed by atoms with Crippen LogP contribution in [0.25, 0.3) is 0 Å². The van der Waals surface area contributed by atoms with Gasteiger partial charge in [0.2, 0.25) is 0 Å². The fourth-order valence-corrected chi connectivity index (χ4v) is 1.78. The van der Waals surface area contributed by atoms with E-state index < -0.39 is 5.97 Å². The molecule has 0 aromatic heterocycles. The summed E-state index contributed by atoms with van der Waals surface area (Å²) in [5.74, 6) is 0.885. The van der Waals surface area contributed by atoms with Crippen molar-refractivity contribution in [2.24, 2.45) is 5.92 Å². The molecule has 0 aliphatic carbocycles. The van der Waals surface area contributed by atoms with E-state index in [0.717, 1.165) is 0 Å². The van der Waals surface area contributed by atoms with E-state index in [1.165, 1.54) is 0 Å². The topological polar surface area (TPSA) is 52.6 Å². The number of ether oxygens (including phenoxy) is 2. The van der Waals surface area contributed by atoms with Crippen LogP contribution >= 0.6 is 0 Å². The molecule has 4 nitrogen and oxygen atoms in total. The van der Waals surface area contributed by atoms with Gasteiger partial charge >= 0.3 is 5.97 Å². The Hall–Kier alpha value is -2.62. The largest absolute Gasteiger partial charge is 0.493 e. The molecule has 22 heavy (non-hydrogen) atoms. The van der Waals surface area contributed by atoms with Gasteiger partial charge in [0.1, 0.15) is 11.5 Å². The molecule has 0 saturated carbocycles. The molecule has 0 spiro atoms. The average molecular weight is 298 g/mol. The first kappa shape index (κ1) is 15.8. The van der Waals surface area contributed by atoms with Crippen molar-refractivity contribution in [1.82, 2.24) is 0 Å². The molecule has 0 N–H and O–H groups in total. The van der Waals surface area contributed by atoms with E-state index in [4.69, 9.17) is 9.47 Å². The number of hydrogen-bond donors (Lipinski definition) is 0. The molecule has 0 aliphatic heterocycles. The fourth-order valence-electron chi connectivity index (χ4n) is 1.78. The Morgan fingerprint density at radius 3 is 2.41 bits per heavy atom. The van der Waals surface area contributed by atoms with Gasteiger partial charge in [-0.1, -0.05) is 26.0 Å². The van der Waals surface area contributed by atoms with Crippen LogP contribution in [-0.2, 0) is 0 Å². The summed E-state index contributed by atoms with van der Waals surface area (Å²) in [7, 11) is 0. The zero-order valence-corrected chi connectivity index (χ0v) is 12.6. The zero-order chi connectivity index (χ0) is 15.9. The lowest BCUT2D eigenvalue weighted by molar-refractivity contribution is 0.0733. The van der Waals surface area contributed by atoms with Crippen LogP contribution in [0.15, 0.2) is 48.5 Å². The van der Waals surface area contributed by atoms with Gasteiger partial charge in [-0.15, -0.1) is 0 Å². The summed E-state index contributed by atoms with van der Waals surface area (Å²) in [6, 6.07) is 13.3. The Kier molecular flexibility index (Phi) is 5.31.